The van der Waals surface area contributed by atoms with Crippen LogP contribution in [0.2, 0.25) is 0 Å². The average molecular weight is 290 g/mol. The maximum absolute atomic E-state index is 12.2. The topological polar surface area (TPSA) is 55.8 Å². The van der Waals surface area contributed by atoms with Crippen molar-refractivity contribution in [3.63, 3.8) is 0 Å². The van der Waals surface area contributed by atoms with Crippen LogP contribution in [0.5, 0.6) is 0 Å². The van der Waals surface area contributed by atoms with Gasteiger partial charge in [-0.15, -0.1) is 6.58 Å². The lowest BCUT2D eigenvalue weighted by Gasteiger charge is -2.24. The Balaban J connectivity index is 1.89. The van der Waals surface area contributed by atoms with Gasteiger partial charge in [-0.2, -0.15) is 0 Å². The molecule has 0 radical (unpaired) electrons. The molecule has 114 valence electrons. The Labute approximate surface area is 125 Å². The lowest BCUT2D eigenvalue weighted by Crippen LogP contribution is -2.30. The minimum Gasteiger partial charge on any atom is -0.384 e. The van der Waals surface area contributed by atoms with E-state index in [1.807, 2.05) is 30.3 Å². The molecular formula is C17H22O4. The molecule has 1 aliphatic heterocycles. The van der Waals surface area contributed by atoms with Crippen LogP contribution in [0, 0.1) is 0 Å². The third-order valence-electron chi connectivity index (χ3n) is 3.63. The molecule has 0 aromatic heterocycles. The minimum absolute atomic E-state index is 0.207. The van der Waals surface area contributed by atoms with Gasteiger partial charge in [-0.25, -0.2) is 0 Å². The number of ether oxygens (including phenoxy) is 2. The second-order valence-electron chi connectivity index (χ2n) is 5.15. The summed E-state index contributed by atoms with van der Waals surface area (Å²) in [6.45, 7) is 5.06. The fourth-order valence-electron chi connectivity index (χ4n) is 2.43. The molecule has 0 bridgehead atoms. The van der Waals surface area contributed by atoms with Crippen molar-refractivity contribution in [1.29, 1.82) is 0 Å². The van der Waals surface area contributed by atoms with Crippen LogP contribution in [0.3, 0.4) is 0 Å². The molecule has 4 nitrogen and oxygen atoms in total. The molecule has 0 aliphatic carbocycles. The second kappa shape index (κ2) is 8.08. The lowest BCUT2D eigenvalue weighted by molar-refractivity contribution is -0.182. The van der Waals surface area contributed by atoms with Gasteiger partial charge in [0.2, 0.25) is 0 Å². The van der Waals surface area contributed by atoms with Crippen molar-refractivity contribution in [3.05, 3.63) is 48.6 Å². The molecule has 1 saturated heterocycles. The first kappa shape index (κ1) is 15.9. The van der Waals surface area contributed by atoms with E-state index in [4.69, 9.17) is 9.47 Å². The number of Topliss-reactive ketones (excluding diaryl/α,β-unsaturated/α-hetero) is 1. The summed E-state index contributed by atoms with van der Waals surface area (Å²) in [5.74, 6) is -0.589. The molecule has 1 fully saturated rings. The van der Waals surface area contributed by atoms with E-state index >= 15 is 0 Å². The molecule has 1 aliphatic rings. The van der Waals surface area contributed by atoms with Crippen molar-refractivity contribution in [2.75, 3.05) is 13.2 Å². The minimum atomic E-state index is -1.08. The monoisotopic (exact) mass is 290 g/mol. The maximum atomic E-state index is 12.2. The molecule has 1 aromatic rings. The van der Waals surface area contributed by atoms with Crippen LogP contribution in [0.1, 0.15) is 30.7 Å². The smallest absolute Gasteiger partial charge is 0.162 e. The number of hydrogen-bond acceptors (Lipinski definition) is 4. The zero-order valence-electron chi connectivity index (χ0n) is 12.1. The van der Waals surface area contributed by atoms with E-state index in [2.05, 4.69) is 6.58 Å². The van der Waals surface area contributed by atoms with E-state index in [0.29, 0.717) is 19.6 Å². The Morgan fingerprint density at radius 2 is 2.00 bits per heavy atom. The number of aliphatic hydroxyl groups is 1. The summed E-state index contributed by atoms with van der Waals surface area (Å²) in [6.07, 6.45) is 1.82. The Morgan fingerprint density at radius 1 is 1.33 bits per heavy atom. The Morgan fingerprint density at radius 3 is 2.62 bits per heavy atom. The largest absolute Gasteiger partial charge is 0.384 e. The Kier molecular flexibility index (Phi) is 6.11. The van der Waals surface area contributed by atoms with Crippen LogP contribution in [-0.2, 0) is 14.3 Å². The van der Waals surface area contributed by atoms with Gasteiger partial charge < -0.3 is 14.6 Å². The van der Waals surface area contributed by atoms with Gasteiger partial charge in [-0.3, -0.25) is 4.79 Å². The van der Waals surface area contributed by atoms with Gasteiger partial charge in [-0.05, 0) is 12.0 Å². The molecule has 1 aromatic carbocycles. The van der Waals surface area contributed by atoms with E-state index in [0.717, 1.165) is 12.0 Å². The van der Waals surface area contributed by atoms with Crippen LogP contribution in [0.4, 0.5) is 0 Å². The van der Waals surface area contributed by atoms with E-state index in [1.54, 1.807) is 6.08 Å². The van der Waals surface area contributed by atoms with E-state index in [9.17, 15) is 9.90 Å². The molecule has 1 N–H and O–H groups in total. The molecule has 0 spiro atoms. The zero-order chi connectivity index (χ0) is 15.1. The summed E-state index contributed by atoms with van der Waals surface area (Å²) >= 11 is 0. The van der Waals surface area contributed by atoms with Gasteiger partial charge in [0.05, 0.1) is 13.2 Å². The molecular weight excluding hydrogens is 268 g/mol. The standard InChI is InChI=1S/C17H22O4/c1-2-14(13-7-4-3-5-8-13)17(19)15(18)9-10-16-20-11-6-12-21-16/h2-5,7-8,14,16-17,19H,1,6,9-12H2/t14-,17+/m0/s1. The van der Waals surface area contributed by atoms with Gasteiger partial charge in [0.1, 0.15) is 6.10 Å². The molecule has 0 saturated carbocycles. The van der Waals surface area contributed by atoms with Crippen molar-refractivity contribution < 1.29 is 19.4 Å². The third kappa shape index (κ3) is 4.49. The van der Waals surface area contributed by atoms with E-state index < -0.39 is 6.10 Å². The quantitative estimate of drug-likeness (QED) is 0.784. The number of carbonyl (C=O) groups is 1. The molecule has 4 heteroatoms. The summed E-state index contributed by atoms with van der Waals surface area (Å²) < 4.78 is 10.8. The van der Waals surface area contributed by atoms with E-state index in [1.165, 1.54) is 0 Å². The summed E-state index contributed by atoms with van der Waals surface area (Å²) in [6, 6.07) is 9.43. The van der Waals surface area contributed by atoms with Crippen molar-refractivity contribution in [1.82, 2.24) is 0 Å². The SMILES string of the molecule is C=C[C@@H](c1ccccc1)[C@@H](O)C(=O)CCC1OCCCO1. The highest BCUT2D eigenvalue weighted by Crippen LogP contribution is 2.23. The van der Waals surface area contributed by atoms with Crippen LogP contribution in [0.25, 0.3) is 0 Å². The zero-order valence-corrected chi connectivity index (χ0v) is 12.1. The van der Waals surface area contributed by atoms with Gasteiger partial charge in [-0.1, -0.05) is 36.4 Å². The maximum Gasteiger partial charge on any atom is 0.162 e. The first-order valence-corrected chi connectivity index (χ1v) is 7.34. The highest BCUT2D eigenvalue weighted by Gasteiger charge is 2.26. The first-order valence-electron chi connectivity index (χ1n) is 7.34. The predicted molar refractivity (Wildman–Crippen MR) is 79.9 cm³/mol. The summed E-state index contributed by atoms with van der Waals surface area (Å²) in [5.41, 5.74) is 0.888. The fourth-order valence-corrected chi connectivity index (χ4v) is 2.43. The molecule has 2 atom stereocenters. The molecule has 21 heavy (non-hydrogen) atoms. The Hall–Kier alpha value is -1.49. The van der Waals surface area contributed by atoms with Gasteiger partial charge in [0.25, 0.3) is 0 Å². The van der Waals surface area contributed by atoms with Gasteiger partial charge in [0, 0.05) is 18.8 Å². The number of benzene rings is 1. The summed E-state index contributed by atoms with van der Waals surface area (Å²) in [7, 11) is 0. The second-order valence-corrected chi connectivity index (χ2v) is 5.15. The molecule has 0 unspecified atom stereocenters. The highest BCUT2D eigenvalue weighted by atomic mass is 16.7. The van der Waals surface area contributed by atoms with Gasteiger partial charge >= 0.3 is 0 Å². The van der Waals surface area contributed by atoms with Crippen LogP contribution >= 0.6 is 0 Å². The average Bonchev–Trinajstić information content (AvgIpc) is 2.55. The normalized spacial score (nSPS) is 18.9. The van der Waals surface area contributed by atoms with E-state index in [-0.39, 0.29) is 24.4 Å². The van der Waals surface area contributed by atoms with Crippen molar-refractivity contribution in [2.45, 2.75) is 37.6 Å². The van der Waals surface area contributed by atoms with Crippen LogP contribution in [0.15, 0.2) is 43.0 Å². The first-order chi connectivity index (χ1) is 10.2. The third-order valence-corrected chi connectivity index (χ3v) is 3.63. The van der Waals surface area contributed by atoms with Crippen LogP contribution < -0.4 is 0 Å². The van der Waals surface area contributed by atoms with Crippen molar-refractivity contribution in [2.24, 2.45) is 0 Å². The number of carbonyl (C=O) groups excluding carboxylic acids is 1. The van der Waals surface area contributed by atoms with Gasteiger partial charge in [0.15, 0.2) is 12.1 Å². The summed E-state index contributed by atoms with van der Waals surface area (Å²) in [5, 5.41) is 10.3. The number of aliphatic hydroxyl groups excluding tert-OH is 1. The van der Waals surface area contributed by atoms with Crippen molar-refractivity contribution >= 4 is 5.78 Å². The lowest BCUT2D eigenvalue weighted by atomic mass is 9.90. The predicted octanol–water partition coefficient (Wildman–Crippen LogP) is 2.43. The number of hydrogen-bond donors (Lipinski definition) is 1. The van der Waals surface area contributed by atoms with Crippen LogP contribution in [-0.4, -0.2) is 36.5 Å². The molecule has 1 heterocycles. The number of rotatable bonds is 7. The number of ketones is 1. The summed E-state index contributed by atoms with van der Waals surface area (Å²) in [4.78, 5) is 12.2. The Bertz CT molecular complexity index is 451. The van der Waals surface area contributed by atoms with Crippen molar-refractivity contribution in [3.8, 4) is 0 Å². The fraction of sp³-hybridized carbons (Fsp3) is 0.471. The molecule has 0 amide bonds. The molecule has 2 rings (SSSR count). The highest BCUT2D eigenvalue weighted by molar-refractivity contribution is 5.84.